The highest BCUT2D eigenvalue weighted by Gasteiger charge is 2.34. The van der Waals surface area contributed by atoms with Crippen LogP contribution >= 0.6 is 11.6 Å². The molecule has 1 aliphatic carbocycles. The normalized spacial score (nSPS) is 27.2. The monoisotopic (exact) mass is 280 g/mol. The molecule has 2 aliphatic rings. The van der Waals surface area contributed by atoms with Crippen molar-refractivity contribution in [1.29, 1.82) is 0 Å². The molecule has 4 heteroatoms. The first-order valence-electron chi connectivity index (χ1n) is 7.19. The maximum Gasteiger partial charge on any atom is 0.129 e. The summed E-state index contributed by atoms with van der Waals surface area (Å²) in [6.45, 7) is 3.80. The van der Waals surface area contributed by atoms with Gasteiger partial charge in [-0.05, 0) is 37.5 Å². The van der Waals surface area contributed by atoms with Crippen molar-refractivity contribution in [3.63, 3.8) is 0 Å². The van der Waals surface area contributed by atoms with Gasteiger partial charge in [0.1, 0.15) is 5.82 Å². The molecule has 0 aromatic carbocycles. The van der Waals surface area contributed by atoms with Crippen LogP contribution in [-0.2, 0) is 10.6 Å². The lowest BCUT2D eigenvalue weighted by Gasteiger charge is -2.44. The summed E-state index contributed by atoms with van der Waals surface area (Å²) in [7, 11) is 0. The fourth-order valence-corrected chi connectivity index (χ4v) is 3.48. The summed E-state index contributed by atoms with van der Waals surface area (Å²) >= 11 is 5.98. The van der Waals surface area contributed by atoms with Crippen molar-refractivity contribution in [1.82, 2.24) is 4.98 Å². The van der Waals surface area contributed by atoms with Crippen LogP contribution in [0.1, 0.15) is 36.9 Å². The van der Waals surface area contributed by atoms with Crippen molar-refractivity contribution in [3.8, 4) is 0 Å². The molecule has 1 saturated heterocycles. The second kappa shape index (κ2) is 5.68. The first-order valence-corrected chi connectivity index (χ1v) is 7.73. The zero-order valence-corrected chi connectivity index (χ0v) is 12.2. The Morgan fingerprint density at radius 3 is 3.05 bits per heavy atom. The van der Waals surface area contributed by atoms with Crippen LogP contribution in [0.2, 0.25) is 0 Å². The van der Waals surface area contributed by atoms with E-state index in [2.05, 4.69) is 17.0 Å². The molecular formula is C15H21ClN2O. The fraction of sp³-hybridized carbons (Fsp3) is 0.667. The van der Waals surface area contributed by atoms with E-state index in [1.54, 1.807) is 0 Å². The van der Waals surface area contributed by atoms with Crippen LogP contribution in [-0.4, -0.2) is 30.3 Å². The van der Waals surface area contributed by atoms with E-state index >= 15 is 0 Å². The topological polar surface area (TPSA) is 25.4 Å². The molecule has 2 heterocycles. The molecule has 0 bridgehead atoms. The van der Waals surface area contributed by atoms with Gasteiger partial charge in [-0.25, -0.2) is 4.98 Å². The van der Waals surface area contributed by atoms with Crippen LogP contribution < -0.4 is 4.90 Å². The molecule has 0 N–H and O–H groups in total. The van der Waals surface area contributed by atoms with Gasteiger partial charge in [-0.1, -0.05) is 12.8 Å². The highest BCUT2D eigenvalue weighted by Crippen LogP contribution is 2.31. The van der Waals surface area contributed by atoms with Crippen molar-refractivity contribution >= 4 is 17.4 Å². The number of ether oxygens (including phenoxy) is 1. The number of halogens is 1. The van der Waals surface area contributed by atoms with Gasteiger partial charge in [0, 0.05) is 18.1 Å². The van der Waals surface area contributed by atoms with Crippen molar-refractivity contribution in [2.24, 2.45) is 0 Å². The molecule has 0 radical (unpaired) electrons. The molecule has 2 atom stereocenters. The van der Waals surface area contributed by atoms with Crippen molar-refractivity contribution in [2.75, 3.05) is 18.1 Å². The predicted octanol–water partition coefficient (Wildman–Crippen LogP) is 3.28. The van der Waals surface area contributed by atoms with Crippen molar-refractivity contribution in [2.45, 2.75) is 50.6 Å². The van der Waals surface area contributed by atoms with Gasteiger partial charge >= 0.3 is 0 Å². The Labute approximate surface area is 119 Å². The largest absolute Gasteiger partial charge is 0.374 e. The summed E-state index contributed by atoms with van der Waals surface area (Å²) in [4.78, 5) is 7.15. The standard InChI is InChI=1S/C15H21ClN2O/c1-11-8-12(10-16)9-15(17-11)18-6-7-19-14-5-3-2-4-13(14)18/h8-9,13-14H,2-7,10H2,1H3. The van der Waals surface area contributed by atoms with E-state index < -0.39 is 0 Å². The zero-order valence-electron chi connectivity index (χ0n) is 11.4. The molecule has 1 aromatic heterocycles. The van der Waals surface area contributed by atoms with E-state index in [4.69, 9.17) is 21.3 Å². The summed E-state index contributed by atoms with van der Waals surface area (Å²) in [6, 6.07) is 4.70. The summed E-state index contributed by atoms with van der Waals surface area (Å²) < 4.78 is 5.92. The molecule has 0 amide bonds. The number of alkyl halides is 1. The van der Waals surface area contributed by atoms with Gasteiger partial charge in [-0.15, -0.1) is 11.6 Å². The van der Waals surface area contributed by atoms with Crippen molar-refractivity contribution < 1.29 is 4.74 Å². The Balaban J connectivity index is 1.89. The average molecular weight is 281 g/mol. The third kappa shape index (κ3) is 2.72. The van der Waals surface area contributed by atoms with Gasteiger partial charge in [-0.2, -0.15) is 0 Å². The predicted molar refractivity (Wildman–Crippen MR) is 77.9 cm³/mol. The van der Waals surface area contributed by atoms with Gasteiger partial charge in [0.05, 0.1) is 18.8 Å². The summed E-state index contributed by atoms with van der Waals surface area (Å²) in [5, 5.41) is 0. The zero-order chi connectivity index (χ0) is 13.2. The number of morpholine rings is 1. The van der Waals surface area contributed by atoms with E-state index in [0.717, 1.165) is 30.2 Å². The van der Waals surface area contributed by atoms with Gasteiger partial charge in [0.15, 0.2) is 0 Å². The number of aromatic nitrogens is 1. The maximum absolute atomic E-state index is 5.98. The quantitative estimate of drug-likeness (QED) is 0.778. The van der Waals surface area contributed by atoms with Crippen LogP contribution in [0, 0.1) is 6.92 Å². The number of pyridine rings is 1. The number of anilines is 1. The molecule has 3 rings (SSSR count). The molecule has 2 fully saturated rings. The Kier molecular flexibility index (Phi) is 3.94. The second-order valence-electron chi connectivity index (χ2n) is 5.56. The Bertz CT molecular complexity index is 450. The highest BCUT2D eigenvalue weighted by molar-refractivity contribution is 6.17. The lowest BCUT2D eigenvalue weighted by atomic mass is 9.90. The van der Waals surface area contributed by atoms with Crippen LogP contribution in [0.5, 0.6) is 0 Å². The van der Waals surface area contributed by atoms with E-state index in [9.17, 15) is 0 Å². The van der Waals surface area contributed by atoms with E-state index in [1.165, 1.54) is 25.7 Å². The number of nitrogens with zero attached hydrogens (tertiary/aromatic N) is 2. The molecule has 1 aromatic rings. The van der Waals surface area contributed by atoms with Crippen LogP contribution in [0.4, 0.5) is 5.82 Å². The minimum Gasteiger partial charge on any atom is -0.374 e. The molecule has 19 heavy (non-hydrogen) atoms. The SMILES string of the molecule is Cc1cc(CCl)cc(N2CCOC3CCCCC32)n1. The third-order valence-electron chi connectivity index (χ3n) is 4.18. The minimum atomic E-state index is 0.393. The Morgan fingerprint density at radius 1 is 1.37 bits per heavy atom. The minimum absolute atomic E-state index is 0.393. The smallest absolute Gasteiger partial charge is 0.129 e. The summed E-state index contributed by atoms with van der Waals surface area (Å²) in [5.74, 6) is 1.63. The lowest BCUT2D eigenvalue weighted by Crippen LogP contribution is -2.53. The first kappa shape index (κ1) is 13.2. The first-order chi connectivity index (χ1) is 9.28. The van der Waals surface area contributed by atoms with Gasteiger partial charge in [0.2, 0.25) is 0 Å². The van der Waals surface area contributed by atoms with Gasteiger partial charge in [-0.3, -0.25) is 0 Å². The maximum atomic E-state index is 5.98. The number of hydrogen-bond acceptors (Lipinski definition) is 3. The molecule has 3 nitrogen and oxygen atoms in total. The highest BCUT2D eigenvalue weighted by atomic mass is 35.5. The number of aryl methyl sites for hydroxylation is 1. The summed E-state index contributed by atoms with van der Waals surface area (Å²) in [6.07, 6.45) is 5.40. The van der Waals surface area contributed by atoms with Crippen molar-refractivity contribution in [3.05, 3.63) is 23.4 Å². The number of rotatable bonds is 2. The average Bonchev–Trinajstić information content (AvgIpc) is 2.46. The molecule has 0 spiro atoms. The van der Waals surface area contributed by atoms with Gasteiger partial charge < -0.3 is 9.64 Å². The Morgan fingerprint density at radius 2 is 2.21 bits per heavy atom. The molecule has 1 saturated carbocycles. The molecule has 104 valence electrons. The van der Waals surface area contributed by atoms with E-state index in [-0.39, 0.29) is 0 Å². The lowest BCUT2D eigenvalue weighted by molar-refractivity contribution is -0.00900. The van der Waals surface area contributed by atoms with E-state index in [1.807, 2.05) is 6.92 Å². The van der Waals surface area contributed by atoms with Gasteiger partial charge in [0.25, 0.3) is 0 Å². The molecule has 2 unspecified atom stereocenters. The van der Waals surface area contributed by atoms with E-state index in [0.29, 0.717) is 18.0 Å². The van der Waals surface area contributed by atoms with Crippen LogP contribution in [0.25, 0.3) is 0 Å². The molecular weight excluding hydrogens is 260 g/mol. The number of fused-ring (bicyclic) bond motifs is 1. The second-order valence-corrected chi connectivity index (χ2v) is 5.83. The fourth-order valence-electron chi connectivity index (χ4n) is 3.33. The number of hydrogen-bond donors (Lipinski definition) is 0. The van der Waals surface area contributed by atoms with Crippen LogP contribution in [0.15, 0.2) is 12.1 Å². The summed E-state index contributed by atoms with van der Waals surface area (Å²) in [5.41, 5.74) is 2.20. The Hall–Kier alpha value is -0.800. The molecule has 1 aliphatic heterocycles. The van der Waals surface area contributed by atoms with Crippen LogP contribution in [0.3, 0.4) is 0 Å². The third-order valence-corrected chi connectivity index (χ3v) is 4.49.